The Morgan fingerprint density at radius 2 is 2.10 bits per heavy atom. The van der Waals surface area contributed by atoms with Crippen molar-refractivity contribution in [2.75, 3.05) is 20.8 Å². The first-order chi connectivity index (χ1) is 10.2. The second-order valence-corrected chi connectivity index (χ2v) is 4.92. The Hall–Kier alpha value is -2.01. The van der Waals surface area contributed by atoms with Gasteiger partial charge in [-0.2, -0.15) is 0 Å². The average Bonchev–Trinajstić information content (AvgIpc) is 2.93. The molecule has 0 fully saturated rings. The molecule has 1 unspecified atom stereocenters. The third-order valence-electron chi connectivity index (χ3n) is 3.50. The summed E-state index contributed by atoms with van der Waals surface area (Å²) in [7, 11) is 5.35. The van der Waals surface area contributed by atoms with Crippen LogP contribution in [0.25, 0.3) is 0 Å². The van der Waals surface area contributed by atoms with Gasteiger partial charge in [-0.3, -0.25) is 0 Å². The van der Waals surface area contributed by atoms with Gasteiger partial charge in [0.2, 0.25) is 0 Å². The molecule has 5 heteroatoms. The summed E-state index contributed by atoms with van der Waals surface area (Å²) >= 11 is 0. The van der Waals surface area contributed by atoms with Crippen LogP contribution in [0.4, 0.5) is 0 Å². The molecule has 0 aliphatic carbocycles. The summed E-state index contributed by atoms with van der Waals surface area (Å²) in [6, 6.07) is 5.87. The van der Waals surface area contributed by atoms with E-state index in [2.05, 4.69) is 17.2 Å². The van der Waals surface area contributed by atoms with Gasteiger partial charge >= 0.3 is 0 Å². The predicted molar refractivity (Wildman–Crippen MR) is 82.9 cm³/mol. The van der Waals surface area contributed by atoms with Crippen molar-refractivity contribution in [2.24, 2.45) is 7.05 Å². The molecule has 2 aromatic rings. The highest BCUT2D eigenvalue weighted by molar-refractivity contribution is 5.45. The monoisotopic (exact) mass is 289 g/mol. The van der Waals surface area contributed by atoms with Gasteiger partial charge in [-0.05, 0) is 31.2 Å². The van der Waals surface area contributed by atoms with E-state index in [-0.39, 0.29) is 6.04 Å². The molecule has 0 aliphatic rings. The second-order valence-electron chi connectivity index (χ2n) is 4.92. The molecule has 1 N–H and O–H groups in total. The number of rotatable bonds is 7. The summed E-state index contributed by atoms with van der Waals surface area (Å²) in [5.41, 5.74) is 2.14. The first-order valence-electron chi connectivity index (χ1n) is 7.12. The SMILES string of the molecule is CCCNC(c1cc(OC)ccc1OC)c1cncn1C. The van der Waals surface area contributed by atoms with E-state index in [0.29, 0.717) is 0 Å². The second kappa shape index (κ2) is 7.13. The minimum absolute atomic E-state index is 0.0162. The molecule has 0 aliphatic heterocycles. The highest BCUT2D eigenvalue weighted by Crippen LogP contribution is 2.32. The van der Waals surface area contributed by atoms with Crippen LogP contribution >= 0.6 is 0 Å². The number of nitrogens with zero attached hydrogens (tertiary/aromatic N) is 2. The summed E-state index contributed by atoms with van der Waals surface area (Å²) in [5.74, 6) is 1.65. The normalized spacial score (nSPS) is 12.2. The van der Waals surface area contributed by atoms with Crippen molar-refractivity contribution in [1.29, 1.82) is 0 Å². The quantitative estimate of drug-likeness (QED) is 0.851. The molecular weight excluding hydrogens is 266 g/mol. The van der Waals surface area contributed by atoms with E-state index in [1.807, 2.05) is 42.3 Å². The largest absolute Gasteiger partial charge is 0.497 e. The third kappa shape index (κ3) is 3.36. The number of nitrogens with one attached hydrogen (secondary N) is 1. The lowest BCUT2D eigenvalue weighted by Crippen LogP contribution is -2.25. The first-order valence-corrected chi connectivity index (χ1v) is 7.12. The van der Waals surface area contributed by atoms with Crippen molar-refractivity contribution in [3.8, 4) is 11.5 Å². The lowest BCUT2D eigenvalue weighted by molar-refractivity contribution is 0.392. The Morgan fingerprint density at radius 3 is 2.67 bits per heavy atom. The van der Waals surface area contributed by atoms with E-state index in [4.69, 9.17) is 9.47 Å². The molecule has 1 heterocycles. The van der Waals surface area contributed by atoms with E-state index < -0.39 is 0 Å². The number of aryl methyl sites for hydroxylation is 1. The van der Waals surface area contributed by atoms with Gasteiger partial charge in [0.05, 0.1) is 38.5 Å². The number of hydrogen-bond donors (Lipinski definition) is 1. The Bertz CT molecular complexity index is 581. The molecule has 0 saturated heterocycles. The molecular formula is C16H23N3O2. The zero-order valence-electron chi connectivity index (χ0n) is 13.1. The Balaban J connectivity index is 2.47. The molecule has 21 heavy (non-hydrogen) atoms. The van der Waals surface area contributed by atoms with Crippen molar-refractivity contribution < 1.29 is 9.47 Å². The zero-order chi connectivity index (χ0) is 15.2. The van der Waals surface area contributed by atoms with Gasteiger partial charge in [-0.25, -0.2) is 4.98 Å². The number of imidazole rings is 1. The maximum absolute atomic E-state index is 5.52. The van der Waals surface area contributed by atoms with Crippen LogP contribution in [0.15, 0.2) is 30.7 Å². The van der Waals surface area contributed by atoms with Crippen LogP contribution in [-0.2, 0) is 7.05 Å². The van der Waals surface area contributed by atoms with E-state index in [1.165, 1.54) is 0 Å². The minimum atomic E-state index is 0.0162. The van der Waals surface area contributed by atoms with Crippen LogP contribution in [0.1, 0.15) is 30.6 Å². The highest BCUT2D eigenvalue weighted by Gasteiger charge is 2.21. The van der Waals surface area contributed by atoms with Crippen LogP contribution in [-0.4, -0.2) is 30.3 Å². The molecule has 2 rings (SSSR count). The van der Waals surface area contributed by atoms with Crippen molar-refractivity contribution in [2.45, 2.75) is 19.4 Å². The lowest BCUT2D eigenvalue weighted by Gasteiger charge is -2.22. The van der Waals surface area contributed by atoms with E-state index in [0.717, 1.165) is 35.7 Å². The molecule has 0 spiro atoms. The summed E-state index contributed by atoms with van der Waals surface area (Å²) in [6.07, 6.45) is 4.75. The standard InChI is InChI=1S/C16H23N3O2/c1-5-8-18-16(14-10-17-11-19(14)2)13-9-12(20-3)6-7-15(13)21-4/h6-7,9-11,16,18H,5,8H2,1-4H3. The Morgan fingerprint density at radius 1 is 1.29 bits per heavy atom. The summed E-state index contributed by atoms with van der Waals surface area (Å²) in [6.45, 7) is 3.06. The number of benzene rings is 1. The van der Waals surface area contributed by atoms with Gasteiger partial charge in [0, 0.05) is 12.6 Å². The van der Waals surface area contributed by atoms with Crippen molar-refractivity contribution in [3.05, 3.63) is 42.0 Å². The zero-order valence-corrected chi connectivity index (χ0v) is 13.1. The van der Waals surface area contributed by atoms with E-state index in [1.54, 1.807) is 14.2 Å². The molecule has 1 aromatic carbocycles. The van der Waals surface area contributed by atoms with Crippen LogP contribution in [0, 0.1) is 0 Å². The van der Waals surface area contributed by atoms with Gasteiger partial charge in [0.25, 0.3) is 0 Å². The molecule has 1 aromatic heterocycles. The predicted octanol–water partition coefficient (Wildman–Crippen LogP) is 2.53. The molecule has 1 atom stereocenters. The van der Waals surface area contributed by atoms with Crippen LogP contribution in [0.2, 0.25) is 0 Å². The summed E-state index contributed by atoms with van der Waals surface area (Å²) < 4.78 is 12.9. The fourth-order valence-corrected chi connectivity index (χ4v) is 2.37. The molecule has 0 amide bonds. The lowest BCUT2D eigenvalue weighted by atomic mass is 10.0. The molecule has 0 radical (unpaired) electrons. The molecule has 0 bridgehead atoms. The number of ether oxygens (including phenoxy) is 2. The number of aromatic nitrogens is 2. The van der Waals surface area contributed by atoms with Crippen LogP contribution < -0.4 is 14.8 Å². The third-order valence-corrected chi connectivity index (χ3v) is 3.50. The Labute approximate surface area is 125 Å². The van der Waals surface area contributed by atoms with Gasteiger partial charge in [-0.15, -0.1) is 0 Å². The fourth-order valence-electron chi connectivity index (χ4n) is 2.37. The maximum Gasteiger partial charge on any atom is 0.124 e. The smallest absolute Gasteiger partial charge is 0.124 e. The topological polar surface area (TPSA) is 48.3 Å². The van der Waals surface area contributed by atoms with E-state index >= 15 is 0 Å². The van der Waals surface area contributed by atoms with Gasteiger partial charge < -0.3 is 19.4 Å². The maximum atomic E-state index is 5.52. The first kappa shape index (κ1) is 15.4. The van der Waals surface area contributed by atoms with Crippen LogP contribution in [0.5, 0.6) is 11.5 Å². The number of methoxy groups -OCH3 is 2. The van der Waals surface area contributed by atoms with Gasteiger partial charge in [0.15, 0.2) is 0 Å². The van der Waals surface area contributed by atoms with Gasteiger partial charge in [-0.1, -0.05) is 6.92 Å². The van der Waals surface area contributed by atoms with Crippen LogP contribution in [0.3, 0.4) is 0 Å². The Kier molecular flexibility index (Phi) is 5.22. The van der Waals surface area contributed by atoms with E-state index in [9.17, 15) is 0 Å². The summed E-state index contributed by atoms with van der Waals surface area (Å²) in [5, 5.41) is 3.56. The molecule has 114 valence electrons. The molecule has 5 nitrogen and oxygen atoms in total. The fraction of sp³-hybridized carbons (Fsp3) is 0.438. The molecule has 0 saturated carbocycles. The van der Waals surface area contributed by atoms with Crippen molar-refractivity contribution in [3.63, 3.8) is 0 Å². The van der Waals surface area contributed by atoms with Crippen molar-refractivity contribution in [1.82, 2.24) is 14.9 Å². The van der Waals surface area contributed by atoms with Crippen molar-refractivity contribution >= 4 is 0 Å². The van der Waals surface area contributed by atoms with Gasteiger partial charge in [0.1, 0.15) is 11.5 Å². The average molecular weight is 289 g/mol. The summed E-state index contributed by atoms with van der Waals surface area (Å²) in [4.78, 5) is 4.23. The highest BCUT2D eigenvalue weighted by atomic mass is 16.5. The minimum Gasteiger partial charge on any atom is -0.497 e. The number of hydrogen-bond acceptors (Lipinski definition) is 4.